The number of hydrogen-bond acceptors (Lipinski definition) is 1. The van der Waals surface area contributed by atoms with Crippen molar-refractivity contribution in [2.24, 2.45) is 5.73 Å². The van der Waals surface area contributed by atoms with Gasteiger partial charge in [-0.2, -0.15) is 0 Å². The van der Waals surface area contributed by atoms with E-state index in [1.807, 2.05) is 0 Å². The van der Waals surface area contributed by atoms with Crippen molar-refractivity contribution < 1.29 is 0 Å². The molecule has 0 aliphatic heterocycles. The highest BCUT2D eigenvalue weighted by Gasteiger charge is 2.25. The van der Waals surface area contributed by atoms with Gasteiger partial charge in [0.2, 0.25) is 0 Å². The molecular formula is C45H35N. The number of benzene rings is 7. The lowest BCUT2D eigenvalue weighted by molar-refractivity contribution is 0.972. The topological polar surface area (TPSA) is 26.0 Å². The molecule has 1 aliphatic rings. The molecule has 1 unspecified atom stereocenters. The zero-order chi connectivity index (χ0) is 30.9. The average molecular weight is 590 g/mol. The fourth-order valence-electron chi connectivity index (χ4n) is 7.20. The van der Waals surface area contributed by atoms with E-state index >= 15 is 0 Å². The highest BCUT2D eigenvalue weighted by molar-refractivity contribution is 5.99. The van der Waals surface area contributed by atoms with Gasteiger partial charge in [0.1, 0.15) is 0 Å². The molecule has 0 amide bonds. The molecule has 1 aliphatic carbocycles. The predicted molar refractivity (Wildman–Crippen MR) is 197 cm³/mol. The first-order chi connectivity index (χ1) is 22.7. The van der Waals surface area contributed by atoms with Crippen molar-refractivity contribution >= 4 is 49.2 Å². The van der Waals surface area contributed by atoms with Crippen LogP contribution >= 0.6 is 0 Å². The van der Waals surface area contributed by atoms with Crippen molar-refractivity contribution in [3.63, 3.8) is 0 Å². The molecule has 0 heterocycles. The second-order valence-corrected chi connectivity index (χ2v) is 12.2. The Balaban J connectivity index is 1.38. The summed E-state index contributed by atoms with van der Waals surface area (Å²) in [5.41, 5.74) is 16.8. The summed E-state index contributed by atoms with van der Waals surface area (Å²) in [6, 6.07) is 56.7. The van der Waals surface area contributed by atoms with Crippen LogP contribution in [0.15, 0.2) is 175 Å². The molecule has 0 saturated carbocycles. The van der Waals surface area contributed by atoms with E-state index in [0.29, 0.717) is 0 Å². The summed E-state index contributed by atoms with van der Waals surface area (Å²) in [5, 5.41) is 7.53. The van der Waals surface area contributed by atoms with E-state index in [1.165, 1.54) is 65.7 Å². The van der Waals surface area contributed by atoms with Crippen LogP contribution in [0.3, 0.4) is 0 Å². The fourth-order valence-corrected chi connectivity index (χ4v) is 7.20. The fraction of sp³-hybridized carbons (Fsp3) is 0.0667. The monoisotopic (exact) mass is 589 g/mol. The van der Waals surface area contributed by atoms with Gasteiger partial charge in [-0.25, -0.2) is 0 Å². The quantitative estimate of drug-likeness (QED) is 0.205. The van der Waals surface area contributed by atoms with Gasteiger partial charge in [0.05, 0.1) is 0 Å². The third kappa shape index (κ3) is 5.21. The minimum absolute atomic E-state index is 0.0353. The molecule has 46 heavy (non-hydrogen) atoms. The standard InChI is InChI=1S/C45H35N/c46-45(37-25-24-31-12-4-5-17-35(31)28-37)30-43(34-13-2-1-3-14-34)44-29-36(40-22-10-18-32-15-6-8-20-38(32)40)26-27-42(44)41-23-11-19-33-16-7-9-21-39(33)41/h1-25,28-30,43H,26-27,46H2/b45-30-. The summed E-state index contributed by atoms with van der Waals surface area (Å²) in [5.74, 6) is -0.0353. The lowest BCUT2D eigenvalue weighted by Crippen LogP contribution is -2.09. The van der Waals surface area contributed by atoms with Gasteiger partial charge in [-0.15, -0.1) is 0 Å². The number of hydrogen-bond donors (Lipinski definition) is 1. The Bertz CT molecular complexity index is 2310. The molecule has 7 aromatic carbocycles. The first-order valence-corrected chi connectivity index (χ1v) is 16.1. The molecule has 0 radical (unpaired) electrons. The molecule has 0 saturated heterocycles. The maximum absolute atomic E-state index is 7.04. The van der Waals surface area contributed by atoms with E-state index < -0.39 is 0 Å². The van der Waals surface area contributed by atoms with Crippen molar-refractivity contribution in [2.45, 2.75) is 18.8 Å². The molecule has 1 atom stereocenters. The van der Waals surface area contributed by atoms with Crippen LogP contribution in [0.25, 0.3) is 49.2 Å². The highest BCUT2D eigenvalue weighted by Crippen LogP contribution is 2.45. The molecule has 220 valence electrons. The maximum atomic E-state index is 7.04. The largest absolute Gasteiger partial charge is 0.398 e. The molecule has 7 aromatic rings. The van der Waals surface area contributed by atoms with Crippen molar-refractivity contribution in [3.05, 3.63) is 198 Å². The summed E-state index contributed by atoms with van der Waals surface area (Å²) in [4.78, 5) is 0. The number of rotatable bonds is 6. The normalized spacial score (nSPS) is 14.5. The Hall–Kier alpha value is -5.66. The van der Waals surface area contributed by atoms with Gasteiger partial charge >= 0.3 is 0 Å². The van der Waals surface area contributed by atoms with Gasteiger partial charge in [0, 0.05) is 11.6 Å². The van der Waals surface area contributed by atoms with E-state index in [9.17, 15) is 0 Å². The second-order valence-electron chi connectivity index (χ2n) is 12.2. The number of nitrogens with two attached hydrogens (primary N) is 1. The lowest BCUT2D eigenvalue weighted by Gasteiger charge is -2.28. The molecule has 0 spiro atoms. The van der Waals surface area contributed by atoms with Gasteiger partial charge in [0.15, 0.2) is 0 Å². The molecule has 2 N–H and O–H groups in total. The molecule has 0 aromatic heterocycles. The van der Waals surface area contributed by atoms with Crippen molar-refractivity contribution in [3.8, 4) is 0 Å². The average Bonchev–Trinajstić information content (AvgIpc) is 3.13. The van der Waals surface area contributed by atoms with Crippen LogP contribution in [-0.4, -0.2) is 0 Å². The number of fused-ring (bicyclic) bond motifs is 3. The van der Waals surface area contributed by atoms with E-state index in [2.05, 4.69) is 170 Å². The van der Waals surface area contributed by atoms with Crippen LogP contribution in [0.2, 0.25) is 0 Å². The smallest absolute Gasteiger partial charge is 0.0356 e. The van der Waals surface area contributed by atoms with E-state index in [4.69, 9.17) is 5.73 Å². The van der Waals surface area contributed by atoms with Crippen molar-refractivity contribution in [2.75, 3.05) is 0 Å². The van der Waals surface area contributed by atoms with E-state index in [1.54, 1.807) is 0 Å². The highest BCUT2D eigenvalue weighted by atomic mass is 14.6. The Kier molecular flexibility index (Phi) is 7.28. The van der Waals surface area contributed by atoms with Gasteiger partial charge in [-0.05, 0) is 96.3 Å². The Morgan fingerprint density at radius 2 is 1.11 bits per heavy atom. The van der Waals surface area contributed by atoms with Gasteiger partial charge in [-0.3, -0.25) is 0 Å². The Morgan fingerprint density at radius 3 is 1.85 bits per heavy atom. The summed E-state index contributed by atoms with van der Waals surface area (Å²) in [6.45, 7) is 0. The molecule has 8 rings (SSSR count). The van der Waals surface area contributed by atoms with Crippen molar-refractivity contribution in [1.82, 2.24) is 0 Å². The minimum atomic E-state index is -0.0353. The second kappa shape index (κ2) is 12.0. The summed E-state index contributed by atoms with van der Waals surface area (Å²) in [6.07, 6.45) is 6.68. The first kappa shape index (κ1) is 27.9. The third-order valence-corrected chi connectivity index (χ3v) is 9.50. The summed E-state index contributed by atoms with van der Waals surface area (Å²) < 4.78 is 0. The first-order valence-electron chi connectivity index (χ1n) is 16.1. The molecule has 1 nitrogen and oxygen atoms in total. The number of allylic oxidation sites excluding steroid dienone is 5. The molecule has 0 bridgehead atoms. The van der Waals surface area contributed by atoms with Crippen LogP contribution in [-0.2, 0) is 0 Å². The van der Waals surface area contributed by atoms with Crippen molar-refractivity contribution in [1.29, 1.82) is 0 Å². The van der Waals surface area contributed by atoms with Crippen LogP contribution < -0.4 is 5.73 Å². The van der Waals surface area contributed by atoms with Gasteiger partial charge < -0.3 is 5.73 Å². The third-order valence-electron chi connectivity index (χ3n) is 9.50. The molecular weight excluding hydrogens is 555 g/mol. The van der Waals surface area contributed by atoms with Gasteiger partial charge in [-0.1, -0.05) is 158 Å². The lowest BCUT2D eigenvalue weighted by atomic mass is 9.76. The van der Waals surface area contributed by atoms with Crippen LogP contribution in [0, 0.1) is 0 Å². The zero-order valence-electron chi connectivity index (χ0n) is 25.7. The minimum Gasteiger partial charge on any atom is -0.398 e. The predicted octanol–water partition coefficient (Wildman–Crippen LogP) is 11.6. The van der Waals surface area contributed by atoms with Crippen LogP contribution in [0.1, 0.15) is 41.0 Å². The van der Waals surface area contributed by atoms with E-state index in [0.717, 1.165) is 24.1 Å². The zero-order valence-corrected chi connectivity index (χ0v) is 25.7. The maximum Gasteiger partial charge on any atom is 0.0356 e. The summed E-state index contributed by atoms with van der Waals surface area (Å²) in [7, 11) is 0. The van der Waals surface area contributed by atoms with E-state index in [-0.39, 0.29) is 5.92 Å². The SMILES string of the molecule is N/C(=C\C(C1=C(c2cccc3ccccc23)CCC(c2cccc3ccccc23)=C1)c1ccccc1)c1ccc2ccccc2c1. The Morgan fingerprint density at radius 1 is 0.522 bits per heavy atom. The van der Waals surface area contributed by atoms with Crippen LogP contribution in [0.5, 0.6) is 0 Å². The molecule has 0 fully saturated rings. The summed E-state index contributed by atoms with van der Waals surface area (Å²) >= 11 is 0. The Labute approximate surface area is 270 Å². The van der Waals surface area contributed by atoms with Gasteiger partial charge in [0.25, 0.3) is 0 Å². The van der Waals surface area contributed by atoms with Crippen LogP contribution in [0.4, 0.5) is 0 Å². The molecule has 1 heteroatoms.